The fourth-order valence-corrected chi connectivity index (χ4v) is 1.88. The van der Waals surface area contributed by atoms with E-state index in [-0.39, 0.29) is 18.5 Å². The molecule has 1 rings (SSSR count). The number of hydrogen-bond acceptors (Lipinski definition) is 3. The lowest BCUT2D eigenvalue weighted by atomic mass is 10.0. The molecule has 2 N–H and O–H groups in total. The molecule has 2 unspecified atom stereocenters. The minimum Gasteiger partial charge on any atom is -0.464 e. The van der Waals surface area contributed by atoms with Crippen molar-refractivity contribution < 1.29 is 9.53 Å². The maximum atomic E-state index is 11.7. The zero-order chi connectivity index (χ0) is 14.3. The molecule has 0 bridgehead atoms. The van der Waals surface area contributed by atoms with Crippen LogP contribution in [0.15, 0.2) is 43.0 Å². The first-order valence-electron chi connectivity index (χ1n) is 6.64. The molecule has 1 aromatic carbocycles. The highest BCUT2D eigenvalue weighted by Gasteiger charge is 2.18. The summed E-state index contributed by atoms with van der Waals surface area (Å²) in [6.45, 7) is 8.14. The van der Waals surface area contributed by atoms with Gasteiger partial charge in [-0.15, -0.1) is 6.58 Å². The molecule has 19 heavy (non-hydrogen) atoms. The van der Waals surface area contributed by atoms with Gasteiger partial charge in [0.1, 0.15) is 12.6 Å². The molecule has 0 aliphatic carbocycles. The van der Waals surface area contributed by atoms with Crippen LogP contribution in [0.1, 0.15) is 31.7 Å². The fraction of sp³-hybridized carbons (Fsp3) is 0.438. The third-order valence-electron chi connectivity index (χ3n) is 2.95. The maximum absolute atomic E-state index is 11.7. The lowest BCUT2D eigenvalue weighted by molar-refractivity contribution is -0.145. The van der Waals surface area contributed by atoms with E-state index >= 15 is 0 Å². The fourth-order valence-electron chi connectivity index (χ4n) is 1.88. The Bertz CT molecular complexity index is 400. The highest BCUT2D eigenvalue weighted by molar-refractivity contribution is 5.75. The van der Waals surface area contributed by atoms with E-state index in [0.29, 0.717) is 12.3 Å². The van der Waals surface area contributed by atoms with E-state index in [1.165, 1.54) is 0 Å². The zero-order valence-corrected chi connectivity index (χ0v) is 11.7. The van der Waals surface area contributed by atoms with E-state index in [4.69, 9.17) is 10.5 Å². The summed E-state index contributed by atoms with van der Waals surface area (Å²) in [4.78, 5) is 11.7. The van der Waals surface area contributed by atoms with Crippen molar-refractivity contribution >= 4 is 5.97 Å². The third-order valence-corrected chi connectivity index (χ3v) is 2.95. The summed E-state index contributed by atoms with van der Waals surface area (Å²) in [5.74, 6) is 0.0553. The summed E-state index contributed by atoms with van der Waals surface area (Å²) >= 11 is 0. The van der Waals surface area contributed by atoms with Crippen LogP contribution in [0.4, 0.5) is 0 Å². The molecule has 0 aliphatic heterocycles. The van der Waals surface area contributed by atoms with Crippen LogP contribution < -0.4 is 5.73 Å². The largest absolute Gasteiger partial charge is 0.464 e. The number of esters is 1. The summed E-state index contributed by atoms with van der Waals surface area (Å²) in [6, 6.07) is 9.31. The van der Waals surface area contributed by atoms with Crippen LogP contribution in [0, 0.1) is 5.92 Å². The van der Waals surface area contributed by atoms with Gasteiger partial charge >= 0.3 is 5.97 Å². The minimum atomic E-state index is -0.541. The van der Waals surface area contributed by atoms with Crippen molar-refractivity contribution in [2.75, 3.05) is 6.61 Å². The van der Waals surface area contributed by atoms with Gasteiger partial charge in [-0.3, -0.25) is 4.79 Å². The first kappa shape index (κ1) is 15.4. The van der Waals surface area contributed by atoms with Crippen LogP contribution in [0.2, 0.25) is 0 Å². The van der Waals surface area contributed by atoms with E-state index in [0.717, 1.165) is 5.56 Å². The zero-order valence-electron chi connectivity index (χ0n) is 11.7. The third kappa shape index (κ3) is 5.26. The van der Waals surface area contributed by atoms with Gasteiger partial charge in [0, 0.05) is 5.92 Å². The van der Waals surface area contributed by atoms with Gasteiger partial charge in [0.2, 0.25) is 0 Å². The van der Waals surface area contributed by atoms with Crippen LogP contribution in [0.5, 0.6) is 0 Å². The van der Waals surface area contributed by atoms with Gasteiger partial charge in [0.05, 0.1) is 0 Å². The molecule has 0 spiro atoms. The molecular weight excluding hydrogens is 238 g/mol. The standard InChI is InChI=1S/C16H23NO2/c1-4-13(14-8-6-5-7-9-14)11-19-16(18)15(17)10-12(2)3/h4-9,12-13,15H,1,10-11,17H2,2-3H3. The number of hydrogen-bond donors (Lipinski definition) is 1. The van der Waals surface area contributed by atoms with Gasteiger partial charge in [-0.2, -0.15) is 0 Å². The van der Waals surface area contributed by atoms with Crippen molar-refractivity contribution in [2.24, 2.45) is 11.7 Å². The van der Waals surface area contributed by atoms with E-state index in [1.807, 2.05) is 44.2 Å². The number of rotatable bonds is 7. The Morgan fingerprint density at radius 1 is 1.37 bits per heavy atom. The number of nitrogens with two attached hydrogens (primary N) is 1. The van der Waals surface area contributed by atoms with E-state index < -0.39 is 6.04 Å². The van der Waals surface area contributed by atoms with Gasteiger partial charge in [-0.25, -0.2) is 0 Å². The van der Waals surface area contributed by atoms with Gasteiger partial charge in [-0.05, 0) is 17.9 Å². The van der Waals surface area contributed by atoms with E-state index in [2.05, 4.69) is 6.58 Å². The lowest BCUT2D eigenvalue weighted by Crippen LogP contribution is -2.34. The summed E-state index contributed by atoms with van der Waals surface area (Å²) in [5, 5.41) is 0. The second-order valence-electron chi connectivity index (χ2n) is 5.12. The lowest BCUT2D eigenvalue weighted by Gasteiger charge is -2.17. The van der Waals surface area contributed by atoms with Gasteiger partial charge in [-0.1, -0.05) is 50.3 Å². The summed E-state index contributed by atoms with van der Waals surface area (Å²) in [5.41, 5.74) is 6.87. The van der Waals surface area contributed by atoms with Crippen LogP contribution in [-0.2, 0) is 9.53 Å². The quantitative estimate of drug-likeness (QED) is 0.606. The van der Waals surface area contributed by atoms with Crippen LogP contribution in [0.25, 0.3) is 0 Å². The second kappa shape index (κ2) is 7.74. The number of carbonyl (C=O) groups excluding carboxylic acids is 1. The topological polar surface area (TPSA) is 52.3 Å². The number of ether oxygens (including phenoxy) is 1. The van der Waals surface area contributed by atoms with Gasteiger partial charge in [0.25, 0.3) is 0 Å². The van der Waals surface area contributed by atoms with E-state index in [1.54, 1.807) is 6.08 Å². The molecule has 0 radical (unpaired) electrons. The second-order valence-corrected chi connectivity index (χ2v) is 5.12. The Kier molecular flexibility index (Phi) is 6.30. The minimum absolute atomic E-state index is 0.0106. The van der Waals surface area contributed by atoms with Crippen molar-refractivity contribution in [3.63, 3.8) is 0 Å². The van der Waals surface area contributed by atoms with Gasteiger partial charge < -0.3 is 10.5 Å². The highest BCUT2D eigenvalue weighted by atomic mass is 16.5. The Morgan fingerprint density at radius 3 is 2.53 bits per heavy atom. The average Bonchev–Trinajstić information content (AvgIpc) is 2.39. The molecule has 0 heterocycles. The van der Waals surface area contributed by atoms with Crippen molar-refractivity contribution in [1.82, 2.24) is 0 Å². The first-order valence-corrected chi connectivity index (χ1v) is 6.64. The van der Waals surface area contributed by atoms with Crippen molar-refractivity contribution in [2.45, 2.75) is 32.2 Å². The molecule has 3 heteroatoms. The van der Waals surface area contributed by atoms with Crippen LogP contribution in [0.3, 0.4) is 0 Å². The predicted molar refractivity (Wildman–Crippen MR) is 77.8 cm³/mol. The first-order chi connectivity index (χ1) is 9.04. The Morgan fingerprint density at radius 2 is 2.00 bits per heavy atom. The average molecular weight is 261 g/mol. The highest BCUT2D eigenvalue weighted by Crippen LogP contribution is 2.17. The van der Waals surface area contributed by atoms with Crippen molar-refractivity contribution in [3.8, 4) is 0 Å². The summed E-state index contributed by atoms with van der Waals surface area (Å²) < 4.78 is 5.28. The molecule has 0 saturated carbocycles. The molecule has 0 saturated heterocycles. The van der Waals surface area contributed by atoms with Crippen LogP contribution >= 0.6 is 0 Å². The van der Waals surface area contributed by atoms with E-state index in [9.17, 15) is 4.79 Å². The molecule has 1 aromatic rings. The Hall–Kier alpha value is -1.61. The molecule has 0 aliphatic rings. The van der Waals surface area contributed by atoms with Crippen molar-refractivity contribution in [3.05, 3.63) is 48.6 Å². The molecular formula is C16H23NO2. The Labute approximate surface area is 115 Å². The molecule has 104 valence electrons. The molecule has 3 nitrogen and oxygen atoms in total. The summed E-state index contributed by atoms with van der Waals surface area (Å²) in [7, 11) is 0. The number of benzene rings is 1. The summed E-state index contributed by atoms with van der Waals surface area (Å²) in [6.07, 6.45) is 2.43. The molecule has 0 amide bonds. The van der Waals surface area contributed by atoms with Crippen LogP contribution in [-0.4, -0.2) is 18.6 Å². The van der Waals surface area contributed by atoms with Crippen molar-refractivity contribution in [1.29, 1.82) is 0 Å². The Balaban J connectivity index is 2.50. The van der Waals surface area contributed by atoms with Gasteiger partial charge in [0.15, 0.2) is 0 Å². The monoisotopic (exact) mass is 261 g/mol. The normalized spacial score (nSPS) is 13.9. The maximum Gasteiger partial charge on any atom is 0.322 e. The molecule has 0 aromatic heterocycles. The molecule has 0 fully saturated rings. The SMILES string of the molecule is C=CC(COC(=O)C(N)CC(C)C)c1ccccc1. The number of carbonyl (C=O) groups is 1. The molecule has 2 atom stereocenters. The smallest absolute Gasteiger partial charge is 0.322 e. The predicted octanol–water partition coefficient (Wildman–Crippen LogP) is 2.87.